The molecular formula is C13H13N3O2S. The molecule has 3 rings (SSSR count). The molecule has 0 saturated heterocycles. The lowest BCUT2D eigenvalue weighted by atomic mass is 9.98. The van der Waals surface area contributed by atoms with E-state index in [0.29, 0.717) is 0 Å². The van der Waals surface area contributed by atoms with Gasteiger partial charge in [-0.05, 0) is 23.8 Å². The van der Waals surface area contributed by atoms with E-state index in [1.807, 2.05) is 24.3 Å². The number of hydrogen-bond acceptors (Lipinski definition) is 4. The van der Waals surface area contributed by atoms with Crippen LogP contribution in [0, 0.1) is 0 Å². The number of fused-ring (bicyclic) bond motifs is 1. The third-order valence-electron chi connectivity index (χ3n) is 3.32. The third kappa shape index (κ3) is 1.98. The predicted molar refractivity (Wildman–Crippen MR) is 74.4 cm³/mol. The summed E-state index contributed by atoms with van der Waals surface area (Å²) in [4.78, 5) is 11.5. The third-order valence-corrected chi connectivity index (χ3v) is 4.26. The average Bonchev–Trinajstić information content (AvgIpc) is 3.03. The SMILES string of the molecule is CC(c1ccc2c(c1)sc(=O)n2CO)c1ccn[nH]1. The minimum absolute atomic E-state index is 0.135. The number of aliphatic hydroxyl groups excluding tert-OH is 1. The van der Waals surface area contributed by atoms with Crippen molar-refractivity contribution in [1.29, 1.82) is 0 Å². The van der Waals surface area contributed by atoms with E-state index >= 15 is 0 Å². The van der Waals surface area contributed by atoms with E-state index in [-0.39, 0.29) is 17.5 Å². The van der Waals surface area contributed by atoms with Crippen LogP contribution in [-0.2, 0) is 6.73 Å². The number of hydrogen-bond donors (Lipinski definition) is 2. The summed E-state index contributed by atoms with van der Waals surface area (Å²) in [7, 11) is 0. The lowest BCUT2D eigenvalue weighted by molar-refractivity contribution is 0.213. The summed E-state index contributed by atoms with van der Waals surface area (Å²) < 4.78 is 2.26. The molecule has 0 aliphatic carbocycles. The van der Waals surface area contributed by atoms with E-state index in [1.165, 1.54) is 4.57 Å². The molecule has 0 saturated carbocycles. The van der Waals surface area contributed by atoms with Crippen LogP contribution < -0.4 is 4.87 Å². The van der Waals surface area contributed by atoms with Crippen LogP contribution in [0.1, 0.15) is 24.1 Å². The monoisotopic (exact) mass is 275 g/mol. The zero-order chi connectivity index (χ0) is 13.4. The molecule has 0 aliphatic rings. The maximum Gasteiger partial charge on any atom is 0.310 e. The van der Waals surface area contributed by atoms with E-state index < -0.39 is 0 Å². The zero-order valence-corrected chi connectivity index (χ0v) is 11.1. The van der Waals surface area contributed by atoms with Gasteiger partial charge in [0.1, 0.15) is 6.73 Å². The molecular weight excluding hydrogens is 262 g/mol. The molecule has 2 heterocycles. The van der Waals surface area contributed by atoms with Crippen LogP contribution in [0.3, 0.4) is 0 Å². The number of nitrogens with zero attached hydrogens (tertiary/aromatic N) is 2. The lowest BCUT2D eigenvalue weighted by Gasteiger charge is -2.09. The number of rotatable bonds is 3. The van der Waals surface area contributed by atoms with Gasteiger partial charge in [-0.15, -0.1) is 0 Å². The second kappa shape index (κ2) is 4.64. The molecule has 0 bridgehead atoms. The number of aromatic nitrogens is 3. The van der Waals surface area contributed by atoms with Crippen molar-refractivity contribution in [3.63, 3.8) is 0 Å². The fourth-order valence-electron chi connectivity index (χ4n) is 2.17. The standard InChI is InChI=1S/C13H13N3O2S/c1-8(10-4-5-14-15-10)9-2-3-11-12(6-9)19-13(18)16(11)7-17/h2-6,8,17H,7H2,1H3,(H,14,15). The van der Waals surface area contributed by atoms with Crippen molar-refractivity contribution in [1.82, 2.24) is 14.8 Å². The Bertz CT molecular complexity index is 758. The Hall–Kier alpha value is -1.92. The van der Waals surface area contributed by atoms with Gasteiger partial charge in [0.15, 0.2) is 0 Å². The Morgan fingerprint density at radius 2 is 2.32 bits per heavy atom. The molecule has 0 amide bonds. The van der Waals surface area contributed by atoms with Gasteiger partial charge < -0.3 is 5.11 Å². The highest BCUT2D eigenvalue weighted by Gasteiger charge is 2.13. The highest BCUT2D eigenvalue weighted by molar-refractivity contribution is 7.16. The second-order valence-corrected chi connectivity index (χ2v) is 5.39. The minimum atomic E-state index is -0.283. The maximum absolute atomic E-state index is 11.7. The summed E-state index contributed by atoms with van der Waals surface area (Å²) in [6, 6.07) is 7.80. The van der Waals surface area contributed by atoms with Crippen molar-refractivity contribution < 1.29 is 5.11 Å². The van der Waals surface area contributed by atoms with Gasteiger partial charge >= 0.3 is 4.87 Å². The quantitative estimate of drug-likeness (QED) is 0.766. The molecule has 0 spiro atoms. The van der Waals surface area contributed by atoms with Gasteiger partial charge in [-0.2, -0.15) is 5.10 Å². The number of nitrogens with one attached hydrogen (secondary N) is 1. The van der Waals surface area contributed by atoms with Crippen molar-refractivity contribution >= 4 is 21.6 Å². The second-order valence-electron chi connectivity index (χ2n) is 4.40. The molecule has 98 valence electrons. The van der Waals surface area contributed by atoms with Crippen molar-refractivity contribution in [3.8, 4) is 0 Å². The first-order chi connectivity index (χ1) is 9.20. The molecule has 0 fully saturated rings. The zero-order valence-electron chi connectivity index (χ0n) is 10.3. The Morgan fingerprint density at radius 1 is 1.47 bits per heavy atom. The van der Waals surface area contributed by atoms with Crippen molar-refractivity contribution in [2.75, 3.05) is 0 Å². The topological polar surface area (TPSA) is 70.9 Å². The number of H-pyrrole nitrogens is 1. The molecule has 1 unspecified atom stereocenters. The van der Waals surface area contributed by atoms with Gasteiger partial charge in [-0.25, -0.2) is 0 Å². The molecule has 0 aliphatic heterocycles. The van der Waals surface area contributed by atoms with Crippen LogP contribution in [0.5, 0.6) is 0 Å². The van der Waals surface area contributed by atoms with Crippen LogP contribution in [0.4, 0.5) is 0 Å². The summed E-state index contributed by atoms with van der Waals surface area (Å²) >= 11 is 1.15. The Morgan fingerprint density at radius 3 is 3.00 bits per heavy atom. The summed E-state index contributed by atoms with van der Waals surface area (Å²) in [6.07, 6.45) is 1.73. The normalized spacial score (nSPS) is 12.9. The van der Waals surface area contributed by atoms with E-state index in [0.717, 1.165) is 32.8 Å². The largest absolute Gasteiger partial charge is 0.376 e. The predicted octanol–water partition coefficient (Wildman–Crippen LogP) is 1.89. The van der Waals surface area contributed by atoms with Crippen molar-refractivity contribution in [2.45, 2.75) is 19.6 Å². The summed E-state index contributed by atoms with van der Waals surface area (Å²) in [5.74, 6) is 0.187. The van der Waals surface area contributed by atoms with E-state index in [4.69, 9.17) is 0 Å². The molecule has 2 N–H and O–H groups in total. The highest BCUT2D eigenvalue weighted by atomic mass is 32.1. The van der Waals surface area contributed by atoms with E-state index in [2.05, 4.69) is 17.1 Å². The van der Waals surface area contributed by atoms with E-state index in [9.17, 15) is 9.90 Å². The van der Waals surface area contributed by atoms with Gasteiger partial charge in [0.25, 0.3) is 0 Å². The van der Waals surface area contributed by atoms with Crippen molar-refractivity contribution in [2.24, 2.45) is 0 Å². The van der Waals surface area contributed by atoms with Crippen LogP contribution in [0.15, 0.2) is 35.3 Å². The summed E-state index contributed by atoms with van der Waals surface area (Å²) in [5, 5.41) is 16.1. The minimum Gasteiger partial charge on any atom is -0.376 e. The van der Waals surface area contributed by atoms with Crippen molar-refractivity contribution in [3.05, 3.63) is 51.4 Å². The molecule has 3 aromatic rings. The number of benzene rings is 1. The Kier molecular flexibility index (Phi) is 2.96. The van der Waals surface area contributed by atoms with Crippen LogP contribution >= 0.6 is 11.3 Å². The maximum atomic E-state index is 11.7. The van der Waals surface area contributed by atoms with Gasteiger partial charge in [0.05, 0.1) is 10.2 Å². The van der Waals surface area contributed by atoms with Gasteiger partial charge in [-0.1, -0.05) is 24.3 Å². The number of thiazole rings is 1. The molecule has 1 atom stereocenters. The molecule has 19 heavy (non-hydrogen) atoms. The molecule has 6 heteroatoms. The van der Waals surface area contributed by atoms with Gasteiger partial charge in [0.2, 0.25) is 0 Å². The van der Waals surface area contributed by atoms with Crippen LogP contribution in [-0.4, -0.2) is 19.9 Å². The fourth-order valence-corrected chi connectivity index (χ4v) is 3.11. The first-order valence-corrected chi connectivity index (χ1v) is 6.76. The fraction of sp³-hybridized carbons (Fsp3) is 0.231. The smallest absolute Gasteiger partial charge is 0.310 e. The lowest BCUT2D eigenvalue weighted by Crippen LogP contribution is -2.11. The van der Waals surface area contributed by atoms with Crippen LogP contribution in [0.25, 0.3) is 10.2 Å². The molecule has 5 nitrogen and oxygen atoms in total. The Labute approximate surface area is 113 Å². The van der Waals surface area contributed by atoms with Gasteiger partial charge in [-0.3, -0.25) is 14.5 Å². The van der Waals surface area contributed by atoms with Gasteiger partial charge in [0, 0.05) is 17.8 Å². The number of aromatic amines is 1. The number of aliphatic hydroxyl groups is 1. The molecule has 2 aromatic heterocycles. The average molecular weight is 275 g/mol. The summed E-state index contributed by atoms with van der Waals surface area (Å²) in [6.45, 7) is 1.80. The molecule has 0 radical (unpaired) electrons. The van der Waals surface area contributed by atoms with Crippen LogP contribution in [0.2, 0.25) is 0 Å². The first-order valence-electron chi connectivity index (χ1n) is 5.94. The molecule has 1 aromatic carbocycles. The highest BCUT2D eigenvalue weighted by Crippen LogP contribution is 2.26. The first kappa shape index (κ1) is 12.1. The Balaban J connectivity index is 2.10. The summed E-state index contributed by atoms with van der Waals surface area (Å²) in [5.41, 5.74) is 2.93. The van der Waals surface area contributed by atoms with E-state index in [1.54, 1.807) is 6.20 Å².